The number of carbonyl (C=O) groups is 1. The van der Waals surface area contributed by atoms with Crippen LogP contribution in [0.15, 0.2) is 36.5 Å². The first-order valence-corrected chi connectivity index (χ1v) is 7.12. The fourth-order valence-electron chi connectivity index (χ4n) is 2.41. The molecule has 3 aromatic rings. The number of nitrogens with zero attached hydrogens (tertiary/aromatic N) is 3. The van der Waals surface area contributed by atoms with Gasteiger partial charge >= 0.3 is 5.91 Å². The Bertz CT molecular complexity index is 885. The number of aromatic nitrogens is 3. The number of aromatic amines is 1. The van der Waals surface area contributed by atoms with Crippen molar-refractivity contribution in [2.45, 2.75) is 6.92 Å². The SMILES string of the molecule is Cc1cccc(C(=O)Nc2cc3cn[nH]c3cc2N(C)C)[n+]1[O-]. The largest absolute Gasteiger partial charge is 0.618 e. The Kier molecular flexibility index (Phi) is 3.61. The predicted molar refractivity (Wildman–Crippen MR) is 88.5 cm³/mol. The van der Waals surface area contributed by atoms with Crippen LogP contribution in [0.1, 0.15) is 16.2 Å². The van der Waals surface area contributed by atoms with Gasteiger partial charge in [0.1, 0.15) is 0 Å². The summed E-state index contributed by atoms with van der Waals surface area (Å²) in [5.74, 6) is -0.449. The molecule has 2 aromatic heterocycles. The number of carbonyl (C=O) groups excluding carboxylic acids is 1. The number of fused-ring (bicyclic) bond motifs is 1. The van der Waals surface area contributed by atoms with E-state index in [1.807, 2.05) is 31.1 Å². The van der Waals surface area contributed by atoms with Crippen LogP contribution in [0.25, 0.3) is 10.9 Å². The summed E-state index contributed by atoms with van der Waals surface area (Å²) >= 11 is 0. The van der Waals surface area contributed by atoms with Crippen molar-refractivity contribution in [3.05, 3.63) is 53.1 Å². The molecule has 0 atom stereocenters. The maximum Gasteiger partial charge on any atom is 0.321 e. The highest BCUT2D eigenvalue weighted by Crippen LogP contribution is 2.29. The van der Waals surface area contributed by atoms with Crippen molar-refractivity contribution in [3.63, 3.8) is 0 Å². The van der Waals surface area contributed by atoms with Crippen LogP contribution in [0, 0.1) is 12.1 Å². The summed E-state index contributed by atoms with van der Waals surface area (Å²) < 4.78 is 0.626. The van der Waals surface area contributed by atoms with E-state index in [2.05, 4.69) is 15.5 Å². The molecule has 0 bridgehead atoms. The van der Waals surface area contributed by atoms with Gasteiger partial charge in [0.25, 0.3) is 5.69 Å². The van der Waals surface area contributed by atoms with Gasteiger partial charge < -0.3 is 15.4 Å². The molecular weight excluding hydrogens is 294 g/mol. The van der Waals surface area contributed by atoms with E-state index >= 15 is 0 Å². The van der Waals surface area contributed by atoms with Crippen LogP contribution < -0.4 is 14.9 Å². The van der Waals surface area contributed by atoms with E-state index < -0.39 is 5.91 Å². The molecule has 7 nitrogen and oxygen atoms in total. The van der Waals surface area contributed by atoms with Gasteiger partial charge in [-0.1, -0.05) is 0 Å². The fourth-order valence-corrected chi connectivity index (χ4v) is 2.41. The van der Waals surface area contributed by atoms with E-state index in [0.717, 1.165) is 16.6 Å². The van der Waals surface area contributed by atoms with Crippen LogP contribution in [-0.4, -0.2) is 30.2 Å². The summed E-state index contributed by atoms with van der Waals surface area (Å²) in [6.45, 7) is 1.66. The molecule has 0 aliphatic heterocycles. The van der Waals surface area contributed by atoms with Gasteiger partial charge in [-0.2, -0.15) is 9.83 Å². The van der Waals surface area contributed by atoms with Crippen LogP contribution in [0.3, 0.4) is 0 Å². The van der Waals surface area contributed by atoms with Crippen molar-refractivity contribution in [1.82, 2.24) is 10.2 Å². The van der Waals surface area contributed by atoms with E-state index in [1.54, 1.807) is 25.3 Å². The molecule has 2 N–H and O–H groups in total. The second kappa shape index (κ2) is 5.60. The zero-order valence-corrected chi connectivity index (χ0v) is 13.1. The summed E-state index contributed by atoms with van der Waals surface area (Å²) in [5, 5.41) is 22.6. The normalized spacial score (nSPS) is 10.7. The molecule has 0 radical (unpaired) electrons. The smallest absolute Gasteiger partial charge is 0.321 e. The molecule has 7 heteroatoms. The topological polar surface area (TPSA) is 88.0 Å². The minimum atomic E-state index is -0.449. The molecule has 0 aliphatic carbocycles. The Morgan fingerprint density at radius 1 is 1.35 bits per heavy atom. The number of hydrogen-bond donors (Lipinski definition) is 2. The molecular formula is C16H17N5O2. The Morgan fingerprint density at radius 3 is 2.87 bits per heavy atom. The van der Waals surface area contributed by atoms with Crippen molar-refractivity contribution in [3.8, 4) is 0 Å². The molecule has 0 spiro atoms. The standard InChI is InChI=1S/C16H17N5O2/c1-10-5-4-6-14(21(10)23)16(22)18-13-7-11-9-17-19-12(11)8-15(13)20(2)3/h4-9H,1-3H3,(H,17,19)(H,18,22). The third-order valence-corrected chi connectivity index (χ3v) is 3.65. The molecule has 3 rings (SSSR count). The van der Waals surface area contributed by atoms with E-state index in [0.29, 0.717) is 16.1 Å². The Balaban J connectivity index is 2.01. The van der Waals surface area contributed by atoms with Gasteiger partial charge in [0.15, 0.2) is 5.69 Å². The zero-order chi connectivity index (χ0) is 16.6. The summed E-state index contributed by atoms with van der Waals surface area (Å²) in [7, 11) is 3.77. The molecule has 0 saturated heterocycles. The monoisotopic (exact) mass is 311 g/mol. The molecule has 1 aromatic carbocycles. The van der Waals surface area contributed by atoms with Gasteiger partial charge in [-0.05, 0) is 18.2 Å². The Hall–Kier alpha value is -3.09. The van der Waals surface area contributed by atoms with Gasteiger partial charge in [0.2, 0.25) is 0 Å². The van der Waals surface area contributed by atoms with Gasteiger partial charge in [-0.15, -0.1) is 0 Å². The third kappa shape index (κ3) is 2.68. The fraction of sp³-hybridized carbons (Fsp3) is 0.188. The molecule has 23 heavy (non-hydrogen) atoms. The molecule has 0 aliphatic rings. The number of pyridine rings is 1. The summed E-state index contributed by atoms with van der Waals surface area (Å²) in [4.78, 5) is 14.3. The third-order valence-electron chi connectivity index (χ3n) is 3.65. The van der Waals surface area contributed by atoms with Crippen molar-refractivity contribution in [1.29, 1.82) is 0 Å². The molecule has 2 heterocycles. The van der Waals surface area contributed by atoms with Crippen LogP contribution >= 0.6 is 0 Å². The summed E-state index contributed by atoms with van der Waals surface area (Å²) in [6, 6.07) is 8.58. The average molecular weight is 311 g/mol. The van der Waals surface area contributed by atoms with E-state index in [1.165, 1.54) is 6.07 Å². The highest BCUT2D eigenvalue weighted by atomic mass is 16.5. The minimum absolute atomic E-state index is 0.0574. The highest BCUT2D eigenvalue weighted by molar-refractivity contribution is 6.05. The number of amides is 1. The first-order chi connectivity index (χ1) is 11.0. The number of benzene rings is 1. The quantitative estimate of drug-likeness (QED) is 0.570. The van der Waals surface area contributed by atoms with Gasteiger partial charge in [-0.25, -0.2) is 0 Å². The second-order valence-corrected chi connectivity index (χ2v) is 5.52. The van der Waals surface area contributed by atoms with Crippen molar-refractivity contribution >= 4 is 28.2 Å². The van der Waals surface area contributed by atoms with Crippen LogP contribution in [-0.2, 0) is 0 Å². The highest BCUT2D eigenvalue weighted by Gasteiger charge is 2.19. The maximum atomic E-state index is 12.5. The van der Waals surface area contributed by atoms with Crippen molar-refractivity contribution < 1.29 is 9.52 Å². The van der Waals surface area contributed by atoms with Gasteiger partial charge in [-0.3, -0.25) is 9.89 Å². The van der Waals surface area contributed by atoms with Gasteiger partial charge in [0, 0.05) is 38.5 Å². The molecule has 0 unspecified atom stereocenters. The van der Waals surface area contributed by atoms with Crippen molar-refractivity contribution in [2.75, 3.05) is 24.3 Å². The molecule has 1 amide bonds. The first-order valence-electron chi connectivity index (χ1n) is 7.12. The summed E-state index contributed by atoms with van der Waals surface area (Å²) in [5.41, 5.74) is 2.84. The second-order valence-electron chi connectivity index (χ2n) is 5.52. The molecule has 118 valence electrons. The van der Waals surface area contributed by atoms with Crippen molar-refractivity contribution in [2.24, 2.45) is 0 Å². The number of rotatable bonds is 3. The van der Waals surface area contributed by atoms with E-state index in [-0.39, 0.29) is 5.69 Å². The lowest BCUT2D eigenvalue weighted by Crippen LogP contribution is -2.39. The minimum Gasteiger partial charge on any atom is -0.618 e. The van der Waals surface area contributed by atoms with Gasteiger partial charge in [0.05, 0.1) is 23.1 Å². The number of hydrogen-bond acceptors (Lipinski definition) is 4. The average Bonchev–Trinajstić information content (AvgIpc) is 2.96. The van der Waals surface area contributed by atoms with Crippen LogP contribution in [0.4, 0.5) is 11.4 Å². The lowest BCUT2D eigenvalue weighted by atomic mass is 10.2. The predicted octanol–water partition coefficient (Wildman–Crippen LogP) is 1.82. The Morgan fingerprint density at radius 2 is 2.13 bits per heavy atom. The number of anilines is 2. The number of aryl methyl sites for hydroxylation is 1. The molecule has 0 saturated carbocycles. The Labute approximate surface area is 133 Å². The lowest BCUT2D eigenvalue weighted by Gasteiger charge is -2.18. The van der Waals surface area contributed by atoms with E-state index in [4.69, 9.17) is 0 Å². The first kappa shape index (κ1) is 14.8. The lowest BCUT2D eigenvalue weighted by molar-refractivity contribution is -0.614. The van der Waals surface area contributed by atoms with Crippen LogP contribution in [0.2, 0.25) is 0 Å². The zero-order valence-electron chi connectivity index (χ0n) is 13.1. The maximum absolute atomic E-state index is 12.5. The number of H-pyrrole nitrogens is 1. The summed E-state index contributed by atoms with van der Waals surface area (Å²) in [6.07, 6.45) is 1.69. The number of nitrogens with one attached hydrogen (secondary N) is 2. The molecule has 0 fully saturated rings. The van der Waals surface area contributed by atoms with Crippen LogP contribution in [0.5, 0.6) is 0 Å². The van der Waals surface area contributed by atoms with E-state index in [9.17, 15) is 10.0 Å².